The molecular formula is C21H23N3O2. The fraction of sp³-hybridized carbons (Fsp3) is 0.333. The van der Waals surface area contributed by atoms with Crippen LogP contribution in [0.5, 0.6) is 0 Å². The monoisotopic (exact) mass is 349 g/mol. The molecule has 1 aliphatic heterocycles. The van der Waals surface area contributed by atoms with E-state index in [0.29, 0.717) is 11.5 Å². The van der Waals surface area contributed by atoms with E-state index in [0.717, 1.165) is 55.4 Å². The molecule has 0 radical (unpaired) electrons. The Hall–Kier alpha value is -2.66. The lowest BCUT2D eigenvalue weighted by Crippen LogP contribution is -2.34. The Bertz CT molecular complexity index is 877. The van der Waals surface area contributed by atoms with Crippen molar-refractivity contribution in [2.45, 2.75) is 25.8 Å². The molecule has 1 aromatic carbocycles. The molecule has 0 aliphatic carbocycles. The predicted molar refractivity (Wildman–Crippen MR) is 101 cm³/mol. The Morgan fingerprint density at radius 2 is 2.04 bits per heavy atom. The standard InChI is InChI=1S/C21H23N3O2/c25-21(26)19-4-2-1-3-16(19)11-15-6-9-24(10-7-15)14-18-12-17-13-22-8-5-20(17)23-18/h1-5,8,12-13,15,23H,6-7,9-11,14H2,(H,25,26). The van der Waals surface area contributed by atoms with Gasteiger partial charge in [0.05, 0.1) is 5.56 Å². The van der Waals surface area contributed by atoms with Gasteiger partial charge in [-0.15, -0.1) is 0 Å². The smallest absolute Gasteiger partial charge is 0.335 e. The Morgan fingerprint density at radius 1 is 1.23 bits per heavy atom. The zero-order valence-corrected chi connectivity index (χ0v) is 14.7. The average Bonchev–Trinajstić information content (AvgIpc) is 3.06. The molecule has 4 rings (SSSR count). The van der Waals surface area contributed by atoms with E-state index in [9.17, 15) is 9.90 Å². The van der Waals surface area contributed by atoms with Crippen LogP contribution < -0.4 is 0 Å². The van der Waals surface area contributed by atoms with Crippen molar-refractivity contribution in [2.24, 2.45) is 5.92 Å². The third-order valence-corrected chi connectivity index (χ3v) is 5.33. The number of pyridine rings is 1. The predicted octanol–water partition coefficient (Wildman–Crippen LogP) is 3.72. The van der Waals surface area contributed by atoms with Crippen LogP contribution in [0.3, 0.4) is 0 Å². The molecule has 5 nitrogen and oxygen atoms in total. The molecule has 2 N–H and O–H groups in total. The van der Waals surface area contributed by atoms with Crippen LogP contribution >= 0.6 is 0 Å². The number of H-pyrrole nitrogens is 1. The molecule has 1 aliphatic rings. The van der Waals surface area contributed by atoms with Crippen molar-refractivity contribution in [2.75, 3.05) is 13.1 Å². The van der Waals surface area contributed by atoms with E-state index in [2.05, 4.69) is 20.9 Å². The van der Waals surface area contributed by atoms with Crippen LogP contribution in [0.15, 0.2) is 48.8 Å². The lowest BCUT2D eigenvalue weighted by Gasteiger charge is -2.32. The first-order chi connectivity index (χ1) is 12.7. The molecule has 2 aromatic heterocycles. The van der Waals surface area contributed by atoms with Crippen LogP contribution in [0, 0.1) is 5.92 Å². The second-order valence-electron chi connectivity index (χ2n) is 7.14. The number of aromatic amines is 1. The maximum absolute atomic E-state index is 11.4. The number of benzene rings is 1. The molecule has 26 heavy (non-hydrogen) atoms. The van der Waals surface area contributed by atoms with Crippen LogP contribution in [-0.2, 0) is 13.0 Å². The third kappa shape index (κ3) is 3.63. The minimum absolute atomic E-state index is 0.446. The van der Waals surface area contributed by atoms with Crippen molar-refractivity contribution in [1.29, 1.82) is 0 Å². The minimum atomic E-state index is -0.827. The Kier molecular flexibility index (Phi) is 4.71. The summed E-state index contributed by atoms with van der Waals surface area (Å²) in [6, 6.07) is 11.6. The van der Waals surface area contributed by atoms with E-state index in [-0.39, 0.29) is 0 Å². The van der Waals surface area contributed by atoms with Gasteiger partial charge in [-0.25, -0.2) is 4.79 Å². The number of nitrogens with one attached hydrogen (secondary N) is 1. The highest BCUT2D eigenvalue weighted by Gasteiger charge is 2.21. The average molecular weight is 349 g/mol. The van der Waals surface area contributed by atoms with Gasteiger partial charge in [0.2, 0.25) is 0 Å². The molecular weight excluding hydrogens is 326 g/mol. The van der Waals surface area contributed by atoms with Crippen molar-refractivity contribution < 1.29 is 9.90 Å². The molecule has 0 bridgehead atoms. The van der Waals surface area contributed by atoms with E-state index < -0.39 is 5.97 Å². The first-order valence-corrected chi connectivity index (χ1v) is 9.14. The summed E-state index contributed by atoms with van der Waals surface area (Å²) in [4.78, 5) is 21.5. The number of hydrogen-bond donors (Lipinski definition) is 2. The number of likely N-dealkylation sites (tertiary alicyclic amines) is 1. The second-order valence-corrected chi connectivity index (χ2v) is 7.14. The highest BCUT2D eigenvalue weighted by molar-refractivity contribution is 5.89. The molecule has 0 saturated carbocycles. The molecule has 3 aromatic rings. The maximum Gasteiger partial charge on any atom is 0.335 e. The summed E-state index contributed by atoms with van der Waals surface area (Å²) in [5.74, 6) is -0.273. The van der Waals surface area contributed by atoms with Gasteiger partial charge in [-0.3, -0.25) is 9.88 Å². The van der Waals surface area contributed by atoms with Gasteiger partial charge in [0.25, 0.3) is 0 Å². The molecule has 5 heteroatoms. The summed E-state index contributed by atoms with van der Waals surface area (Å²) >= 11 is 0. The number of fused-ring (bicyclic) bond motifs is 1. The molecule has 1 saturated heterocycles. The van der Waals surface area contributed by atoms with Gasteiger partial charge in [-0.05, 0) is 62.0 Å². The van der Waals surface area contributed by atoms with Crippen LogP contribution in [-0.4, -0.2) is 39.0 Å². The number of rotatable bonds is 5. The van der Waals surface area contributed by atoms with E-state index in [4.69, 9.17) is 0 Å². The summed E-state index contributed by atoms with van der Waals surface area (Å²) < 4.78 is 0. The Labute approximate surface area is 152 Å². The first kappa shape index (κ1) is 16.8. The van der Waals surface area contributed by atoms with Crippen LogP contribution in [0.4, 0.5) is 0 Å². The van der Waals surface area contributed by atoms with Crippen LogP contribution in [0.25, 0.3) is 10.9 Å². The largest absolute Gasteiger partial charge is 0.478 e. The lowest BCUT2D eigenvalue weighted by molar-refractivity contribution is 0.0695. The number of carboxylic acids is 1. The summed E-state index contributed by atoms with van der Waals surface area (Å²) in [7, 11) is 0. The van der Waals surface area contributed by atoms with Crippen LogP contribution in [0.1, 0.15) is 34.5 Å². The quantitative estimate of drug-likeness (QED) is 0.737. The van der Waals surface area contributed by atoms with Crippen molar-refractivity contribution in [3.63, 3.8) is 0 Å². The van der Waals surface area contributed by atoms with Gasteiger partial charge in [-0.1, -0.05) is 18.2 Å². The normalized spacial score (nSPS) is 16.2. The molecule has 3 heterocycles. The first-order valence-electron chi connectivity index (χ1n) is 9.14. The van der Waals surface area contributed by atoms with E-state index >= 15 is 0 Å². The summed E-state index contributed by atoms with van der Waals surface area (Å²) in [6.45, 7) is 3.02. The van der Waals surface area contributed by atoms with Gasteiger partial charge >= 0.3 is 5.97 Å². The fourth-order valence-electron chi connectivity index (χ4n) is 3.92. The molecule has 0 spiro atoms. The summed E-state index contributed by atoms with van der Waals surface area (Å²) in [5, 5.41) is 10.5. The second kappa shape index (κ2) is 7.30. The number of hydrogen-bond acceptors (Lipinski definition) is 3. The van der Waals surface area contributed by atoms with Gasteiger partial charge in [0.15, 0.2) is 0 Å². The van der Waals surface area contributed by atoms with Crippen molar-refractivity contribution in [1.82, 2.24) is 14.9 Å². The number of aromatic nitrogens is 2. The zero-order valence-electron chi connectivity index (χ0n) is 14.7. The topological polar surface area (TPSA) is 69.2 Å². The van der Waals surface area contributed by atoms with Gasteiger partial charge in [0, 0.05) is 35.5 Å². The number of carboxylic acid groups (broad SMARTS) is 1. The highest BCUT2D eigenvalue weighted by atomic mass is 16.4. The SMILES string of the molecule is O=C(O)c1ccccc1CC1CCN(Cc2cc3cnccc3[nH]2)CC1. The Morgan fingerprint density at radius 3 is 2.81 bits per heavy atom. The van der Waals surface area contributed by atoms with Gasteiger partial charge in [0.1, 0.15) is 0 Å². The number of carbonyl (C=O) groups is 1. The number of piperidine rings is 1. The van der Waals surface area contributed by atoms with Gasteiger partial charge in [-0.2, -0.15) is 0 Å². The zero-order chi connectivity index (χ0) is 17.9. The van der Waals surface area contributed by atoms with E-state index in [1.807, 2.05) is 30.6 Å². The van der Waals surface area contributed by atoms with Crippen molar-refractivity contribution in [3.05, 3.63) is 65.6 Å². The van der Waals surface area contributed by atoms with E-state index in [1.54, 1.807) is 12.1 Å². The van der Waals surface area contributed by atoms with Gasteiger partial charge < -0.3 is 10.1 Å². The third-order valence-electron chi connectivity index (χ3n) is 5.33. The molecule has 0 amide bonds. The Balaban J connectivity index is 1.35. The molecule has 1 fully saturated rings. The van der Waals surface area contributed by atoms with Crippen LogP contribution in [0.2, 0.25) is 0 Å². The number of aromatic carboxylic acids is 1. The van der Waals surface area contributed by atoms with E-state index in [1.165, 1.54) is 5.69 Å². The lowest BCUT2D eigenvalue weighted by atomic mass is 9.88. The maximum atomic E-state index is 11.4. The summed E-state index contributed by atoms with van der Waals surface area (Å²) in [6.07, 6.45) is 6.77. The van der Waals surface area contributed by atoms with Crippen molar-refractivity contribution in [3.8, 4) is 0 Å². The molecule has 0 unspecified atom stereocenters. The highest BCUT2D eigenvalue weighted by Crippen LogP contribution is 2.25. The summed E-state index contributed by atoms with van der Waals surface area (Å²) in [5.41, 5.74) is 3.76. The molecule has 0 atom stereocenters. The number of nitrogens with zero attached hydrogens (tertiary/aromatic N) is 2. The molecule has 134 valence electrons. The fourth-order valence-corrected chi connectivity index (χ4v) is 3.92. The minimum Gasteiger partial charge on any atom is -0.478 e. The van der Waals surface area contributed by atoms with Crippen molar-refractivity contribution >= 4 is 16.9 Å².